The molecule has 0 bridgehead atoms. The van der Waals surface area contributed by atoms with E-state index in [0.717, 1.165) is 0 Å². The molecule has 0 fully saturated rings. The van der Waals surface area contributed by atoms with Crippen molar-refractivity contribution in [1.82, 2.24) is 9.97 Å². The van der Waals surface area contributed by atoms with Gasteiger partial charge in [0, 0.05) is 5.56 Å². The largest absolute Gasteiger partial charge is 0.490 e. The maximum Gasteiger partial charge on any atom is 0.343 e. The zero-order valence-corrected chi connectivity index (χ0v) is 15.7. The third-order valence-electron chi connectivity index (χ3n) is 4.34. The van der Waals surface area contributed by atoms with Gasteiger partial charge in [-0.1, -0.05) is 30.3 Å². The Morgan fingerprint density at radius 2 is 1.72 bits per heavy atom. The Hall–Kier alpha value is -3.93. The van der Waals surface area contributed by atoms with Crippen molar-refractivity contribution in [3.05, 3.63) is 88.7 Å². The average molecular weight is 386 g/mol. The summed E-state index contributed by atoms with van der Waals surface area (Å²) in [6, 6.07) is 20.9. The number of hydrogen-bond acceptors (Lipinski definition) is 5. The normalized spacial score (nSPS) is 10.7. The van der Waals surface area contributed by atoms with E-state index >= 15 is 0 Å². The second kappa shape index (κ2) is 7.98. The van der Waals surface area contributed by atoms with Gasteiger partial charge in [-0.05, 0) is 49.4 Å². The maximum atomic E-state index is 12.4. The summed E-state index contributed by atoms with van der Waals surface area (Å²) in [4.78, 5) is 32.1. The molecule has 0 saturated heterocycles. The molecule has 3 aromatic carbocycles. The van der Waals surface area contributed by atoms with Crippen LogP contribution in [0, 0.1) is 0 Å². The molecule has 0 spiro atoms. The van der Waals surface area contributed by atoms with Crippen molar-refractivity contribution in [3.8, 4) is 22.9 Å². The summed E-state index contributed by atoms with van der Waals surface area (Å²) in [6.45, 7) is 2.23. The molecule has 0 atom stereocenters. The predicted octanol–water partition coefficient (Wildman–Crippen LogP) is 4.21. The maximum absolute atomic E-state index is 12.4. The number of esters is 1. The summed E-state index contributed by atoms with van der Waals surface area (Å²) in [7, 11) is 0. The van der Waals surface area contributed by atoms with Crippen LogP contribution in [0.2, 0.25) is 0 Å². The second-order valence-electron chi connectivity index (χ2n) is 6.28. The first-order valence-corrected chi connectivity index (χ1v) is 9.19. The van der Waals surface area contributed by atoms with E-state index in [1.807, 2.05) is 19.1 Å². The van der Waals surface area contributed by atoms with Crippen molar-refractivity contribution in [2.24, 2.45) is 0 Å². The number of rotatable bonds is 5. The van der Waals surface area contributed by atoms with Crippen LogP contribution in [0.5, 0.6) is 11.5 Å². The average Bonchev–Trinajstić information content (AvgIpc) is 2.75. The van der Waals surface area contributed by atoms with Crippen LogP contribution in [-0.4, -0.2) is 22.5 Å². The fourth-order valence-corrected chi connectivity index (χ4v) is 2.96. The first-order chi connectivity index (χ1) is 14.2. The Balaban J connectivity index is 1.71. The SMILES string of the molecule is CCOc1cc(-c2nc3ccccc3c(=O)[nH]2)ccc1OC(=O)c1ccccc1. The van der Waals surface area contributed by atoms with Gasteiger partial charge in [-0.3, -0.25) is 4.79 Å². The number of fused-ring (bicyclic) bond motifs is 1. The van der Waals surface area contributed by atoms with Crippen LogP contribution >= 0.6 is 0 Å². The number of nitrogens with zero attached hydrogens (tertiary/aromatic N) is 1. The molecular formula is C23H18N2O4. The Morgan fingerprint density at radius 3 is 2.52 bits per heavy atom. The first-order valence-electron chi connectivity index (χ1n) is 9.19. The van der Waals surface area contributed by atoms with Gasteiger partial charge in [0.25, 0.3) is 5.56 Å². The van der Waals surface area contributed by atoms with Crippen LogP contribution in [0.1, 0.15) is 17.3 Å². The minimum Gasteiger partial charge on any atom is -0.490 e. The van der Waals surface area contributed by atoms with Crippen LogP contribution in [0.25, 0.3) is 22.3 Å². The number of aromatic nitrogens is 2. The zero-order chi connectivity index (χ0) is 20.2. The smallest absolute Gasteiger partial charge is 0.343 e. The fraction of sp³-hybridized carbons (Fsp3) is 0.0870. The number of nitrogens with one attached hydrogen (secondary N) is 1. The quantitative estimate of drug-likeness (QED) is 0.410. The molecule has 0 saturated carbocycles. The van der Waals surface area contributed by atoms with E-state index in [9.17, 15) is 9.59 Å². The number of aromatic amines is 1. The molecule has 6 heteroatoms. The van der Waals surface area contributed by atoms with Crippen LogP contribution < -0.4 is 15.0 Å². The van der Waals surface area contributed by atoms with E-state index in [2.05, 4.69) is 9.97 Å². The molecule has 0 aliphatic carbocycles. The summed E-state index contributed by atoms with van der Waals surface area (Å²) < 4.78 is 11.2. The van der Waals surface area contributed by atoms with Gasteiger partial charge in [0.1, 0.15) is 5.82 Å². The van der Waals surface area contributed by atoms with E-state index in [4.69, 9.17) is 9.47 Å². The van der Waals surface area contributed by atoms with Crippen LogP contribution in [0.4, 0.5) is 0 Å². The second-order valence-corrected chi connectivity index (χ2v) is 6.28. The van der Waals surface area contributed by atoms with E-state index in [0.29, 0.717) is 46.0 Å². The molecule has 1 N–H and O–H groups in total. The lowest BCUT2D eigenvalue weighted by Gasteiger charge is -2.12. The minimum atomic E-state index is -0.475. The standard InChI is InChI=1S/C23H18N2O4/c1-2-28-20-14-16(21-24-18-11-7-6-10-17(18)22(26)25-21)12-13-19(20)29-23(27)15-8-4-3-5-9-15/h3-14H,2H2,1H3,(H,24,25,26). The highest BCUT2D eigenvalue weighted by Gasteiger charge is 2.15. The molecule has 29 heavy (non-hydrogen) atoms. The summed E-state index contributed by atoms with van der Waals surface area (Å²) in [5, 5.41) is 0.523. The van der Waals surface area contributed by atoms with Crippen molar-refractivity contribution >= 4 is 16.9 Å². The monoisotopic (exact) mass is 386 g/mol. The van der Waals surface area contributed by atoms with E-state index in [-0.39, 0.29) is 5.56 Å². The highest BCUT2D eigenvalue weighted by atomic mass is 16.6. The third kappa shape index (κ3) is 3.87. The Bertz CT molecular complexity index is 1230. The third-order valence-corrected chi connectivity index (χ3v) is 4.34. The van der Waals surface area contributed by atoms with Gasteiger partial charge in [-0.2, -0.15) is 0 Å². The van der Waals surface area contributed by atoms with Crippen molar-refractivity contribution < 1.29 is 14.3 Å². The highest BCUT2D eigenvalue weighted by Crippen LogP contribution is 2.32. The number of carbonyl (C=O) groups is 1. The van der Waals surface area contributed by atoms with Crippen molar-refractivity contribution in [1.29, 1.82) is 0 Å². The molecule has 4 aromatic rings. The molecule has 0 aliphatic rings. The Labute approximate surface area is 166 Å². The Morgan fingerprint density at radius 1 is 0.966 bits per heavy atom. The number of para-hydroxylation sites is 1. The van der Waals surface area contributed by atoms with Gasteiger partial charge in [0.05, 0.1) is 23.1 Å². The molecular weight excluding hydrogens is 368 g/mol. The first kappa shape index (κ1) is 18.4. The molecule has 6 nitrogen and oxygen atoms in total. The summed E-state index contributed by atoms with van der Waals surface area (Å²) in [5.41, 5.74) is 1.47. The van der Waals surface area contributed by atoms with Gasteiger partial charge in [-0.15, -0.1) is 0 Å². The molecule has 0 amide bonds. The van der Waals surface area contributed by atoms with E-state index in [1.54, 1.807) is 60.7 Å². The van der Waals surface area contributed by atoms with Crippen molar-refractivity contribution in [2.45, 2.75) is 6.92 Å². The lowest BCUT2D eigenvalue weighted by molar-refractivity contribution is 0.0728. The molecule has 4 rings (SSSR count). The molecule has 0 radical (unpaired) electrons. The molecule has 1 heterocycles. The number of ether oxygens (including phenoxy) is 2. The van der Waals surface area contributed by atoms with Gasteiger partial charge >= 0.3 is 5.97 Å². The number of hydrogen-bond donors (Lipinski definition) is 1. The van der Waals surface area contributed by atoms with Gasteiger partial charge in [0.15, 0.2) is 11.5 Å². The van der Waals surface area contributed by atoms with Crippen LogP contribution in [-0.2, 0) is 0 Å². The van der Waals surface area contributed by atoms with E-state index in [1.165, 1.54) is 0 Å². The summed E-state index contributed by atoms with van der Waals surface area (Å²) in [5.74, 6) is 0.629. The van der Waals surface area contributed by atoms with E-state index < -0.39 is 5.97 Å². The van der Waals surface area contributed by atoms with Crippen molar-refractivity contribution in [3.63, 3.8) is 0 Å². The summed E-state index contributed by atoms with van der Waals surface area (Å²) >= 11 is 0. The number of benzene rings is 3. The fourth-order valence-electron chi connectivity index (χ4n) is 2.96. The number of carbonyl (C=O) groups excluding carboxylic acids is 1. The molecule has 144 valence electrons. The zero-order valence-electron chi connectivity index (χ0n) is 15.7. The summed E-state index contributed by atoms with van der Waals surface area (Å²) in [6.07, 6.45) is 0. The molecule has 1 aromatic heterocycles. The number of H-pyrrole nitrogens is 1. The van der Waals surface area contributed by atoms with Crippen molar-refractivity contribution in [2.75, 3.05) is 6.61 Å². The molecule has 0 aliphatic heterocycles. The lowest BCUT2D eigenvalue weighted by atomic mass is 10.1. The van der Waals surface area contributed by atoms with Gasteiger partial charge in [-0.25, -0.2) is 9.78 Å². The Kier molecular flexibility index (Phi) is 5.07. The highest BCUT2D eigenvalue weighted by molar-refractivity contribution is 5.91. The van der Waals surface area contributed by atoms with Crippen LogP contribution in [0.3, 0.4) is 0 Å². The van der Waals surface area contributed by atoms with Crippen LogP contribution in [0.15, 0.2) is 77.6 Å². The lowest BCUT2D eigenvalue weighted by Crippen LogP contribution is -2.11. The van der Waals surface area contributed by atoms with Gasteiger partial charge in [0.2, 0.25) is 0 Å². The molecule has 0 unspecified atom stereocenters. The van der Waals surface area contributed by atoms with Gasteiger partial charge < -0.3 is 14.5 Å². The predicted molar refractivity (Wildman–Crippen MR) is 110 cm³/mol. The topological polar surface area (TPSA) is 81.3 Å². The minimum absolute atomic E-state index is 0.219.